The van der Waals surface area contributed by atoms with Gasteiger partial charge >= 0.3 is 0 Å². The third kappa shape index (κ3) is 5.66. The van der Waals surface area contributed by atoms with Crippen LogP contribution in [0.4, 0.5) is 4.39 Å². The van der Waals surface area contributed by atoms with Gasteiger partial charge in [-0.05, 0) is 61.7 Å². The lowest BCUT2D eigenvalue weighted by Crippen LogP contribution is -2.19. The number of carbonyl (C=O) groups excluding carboxylic acids is 1. The van der Waals surface area contributed by atoms with Crippen LogP contribution in [-0.4, -0.2) is 38.4 Å². The van der Waals surface area contributed by atoms with Crippen LogP contribution in [0.3, 0.4) is 0 Å². The van der Waals surface area contributed by atoms with Crippen LogP contribution in [0.1, 0.15) is 24.0 Å². The molecule has 0 saturated heterocycles. The number of methoxy groups -OCH3 is 1. The van der Waals surface area contributed by atoms with E-state index in [0.717, 1.165) is 33.5 Å². The lowest BCUT2D eigenvalue weighted by Gasteiger charge is -2.06. The number of hydrogen-bond donors (Lipinski definition) is 0. The molecule has 0 saturated carbocycles. The molecule has 0 fully saturated rings. The van der Waals surface area contributed by atoms with E-state index >= 15 is 0 Å². The van der Waals surface area contributed by atoms with Crippen molar-refractivity contribution >= 4 is 37.3 Å². The van der Waals surface area contributed by atoms with E-state index < -0.39 is 15.7 Å². The van der Waals surface area contributed by atoms with E-state index in [-0.39, 0.29) is 29.4 Å². The normalized spacial score (nSPS) is 12.6. The molecule has 3 rings (SSSR count). The number of fused-ring (bicyclic) bond motifs is 1. The van der Waals surface area contributed by atoms with Gasteiger partial charge in [-0.25, -0.2) is 12.8 Å². The Bertz CT molecular complexity index is 1260. The Morgan fingerprint density at radius 3 is 2.58 bits per heavy atom. The lowest BCUT2D eigenvalue weighted by atomic mass is 10.1. The third-order valence-electron chi connectivity index (χ3n) is 4.83. The van der Waals surface area contributed by atoms with Crippen molar-refractivity contribution in [3.8, 4) is 0 Å². The van der Waals surface area contributed by atoms with Crippen LogP contribution in [-0.2, 0) is 25.9 Å². The molecule has 0 aliphatic rings. The molecular weight excluding hydrogens is 439 g/mol. The quantitative estimate of drug-likeness (QED) is 0.475. The standard InChI is InChI=1S/C22H25FN2O4S2/c1-15-13-16(2)21-19(14-15)25(10-11-29-3)22(30-21)24-20(26)5-4-12-31(27,28)18-8-6-17(23)7-9-18/h6-9,13-14H,4-5,10-12H2,1-3H3. The van der Waals surface area contributed by atoms with Crippen LogP contribution in [0.25, 0.3) is 10.2 Å². The van der Waals surface area contributed by atoms with Gasteiger partial charge < -0.3 is 9.30 Å². The zero-order chi connectivity index (χ0) is 22.6. The van der Waals surface area contributed by atoms with Gasteiger partial charge in [-0.3, -0.25) is 4.79 Å². The van der Waals surface area contributed by atoms with E-state index in [2.05, 4.69) is 17.1 Å². The minimum Gasteiger partial charge on any atom is -0.383 e. The molecule has 1 aromatic heterocycles. The number of rotatable bonds is 8. The van der Waals surface area contributed by atoms with E-state index in [0.29, 0.717) is 18.0 Å². The van der Waals surface area contributed by atoms with E-state index in [1.807, 2.05) is 18.4 Å². The van der Waals surface area contributed by atoms with Gasteiger partial charge in [0.1, 0.15) is 5.82 Å². The summed E-state index contributed by atoms with van der Waals surface area (Å²) in [6.07, 6.45) is 0.153. The maximum absolute atomic E-state index is 13.0. The maximum Gasteiger partial charge on any atom is 0.248 e. The number of amides is 1. The first-order valence-corrected chi connectivity index (χ1v) is 12.3. The monoisotopic (exact) mass is 464 g/mol. The van der Waals surface area contributed by atoms with Crippen molar-refractivity contribution in [2.75, 3.05) is 19.5 Å². The fourth-order valence-electron chi connectivity index (χ4n) is 3.33. The number of aryl methyl sites for hydroxylation is 2. The summed E-state index contributed by atoms with van der Waals surface area (Å²) in [6, 6.07) is 8.83. The Morgan fingerprint density at radius 1 is 1.19 bits per heavy atom. The smallest absolute Gasteiger partial charge is 0.248 e. The van der Waals surface area contributed by atoms with Crippen molar-refractivity contribution in [1.82, 2.24) is 4.57 Å². The third-order valence-corrected chi connectivity index (χ3v) is 7.88. The molecule has 1 amide bonds. The second-order valence-electron chi connectivity index (χ2n) is 7.34. The SMILES string of the molecule is COCCn1c(=NC(=O)CCCS(=O)(=O)c2ccc(F)cc2)sc2c(C)cc(C)cc21. The highest BCUT2D eigenvalue weighted by molar-refractivity contribution is 7.91. The Morgan fingerprint density at radius 2 is 1.90 bits per heavy atom. The number of nitrogens with zero attached hydrogens (tertiary/aromatic N) is 2. The first-order chi connectivity index (χ1) is 14.7. The summed E-state index contributed by atoms with van der Waals surface area (Å²) < 4.78 is 46.0. The first kappa shape index (κ1) is 23.3. The summed E-state index contributed by atoms with van der Waals surface area (Å²) in [4.78, 5) is 17.4. The molecule has 1 heterocycles. The van der Waals surface area contributed by atoms with Crippen molar-refractivity contribution < 1.29 is 22.3 Å². The molecule has 0 aliphatic carbocycles. The summed E-state index contributed by atoms with van der Waals surface area (Å²) in [7, 11) is -1.96. The van der Waals surface area contributed by atoms with Gasteiger partial charge in [0.15, 0.2) is 14.6 Å². The van der Waals surface area contributed by atoms with Crippen molar-refractivity contribution in [3.05, 3.63) is 58.1 Å². The predicted octanol–water partition coefficient (Wildman–Crippen LogP) is 3.79. The predicted molar refractivity (Wildman–Crippen MR) is 119 cm³/mol. The second-order valence-corrected chi connectivity index (χ2v) is 10.4. The van der Waals surface area contributed by atoms with Gasteiger partial charge in [0.2, 0.25) is 5.91 Å². The molecule has 0 radical (unpaired) electrons. The number of sulfone groups is 1. The average Bonchev–Trinajstić information content (AvgIpc) is 3.03. The number of carbonyl (C=O) groups is 1. The van der Waals surface area contributed by atoms with E-state index in [1.165, 1.54) is 23.5 Å². The average molecular weight is 465 g/mol. The summed E-state index contributed by atoms with van der Waals surface area (Å²) in [5, 5.41) is 0. The molecule has 9 heteroatoms. The number of benzene rings is 2. The van der Waals surface area contributed by atoms with Gasteiger partial charge in [0.25, 0.3) is 0 Å². The lowest BCUT2D eigenvalue weighted by molar-refractivity contribution is -0.118. The number of ether oxygens (including phenoxy) is 1. The van der Waals surface area contributed by atoms with Gasteiger partial charge in [-0.15, -0.1) is 0 Å². The fourth-order valence-corrected chi connectivity index (χ4v) is 5.77. The van der Waals surface area contributed by atoms with Gasteiger partial charge in [0, 0.05) is 20.1 Å². The van der Waals surface area contributed by atoms with Gasteiger partial charge in [-0.1, -0.05) is 17.4 Å². The van der Waals surface area contributed by atoms with E-state index in [9.17, 15) is 17.6 Å². The van der Waals surface area contributed by atoms with Crippen LogP contribution in [0, 0.1) is 19.7 Å². The minimum atomic E-state index is -3.58. The number of thiazole rings is 1. The molecule has 2 aromatic carbocycles. The molecule has 31 heavy (non-hydrogen) atoms. The summed E-state index contributed by atoms with van der Waals surface area (Å²) in [5.74, 6) is -1.07. The Hall–Kier alpha value is -2.36. The van der Waals surface area contributed by atoms with Crippen molar-refractivity contribution in [2.45, 2.75) is 38.1 Å². The molecular formula is C22H25FN2O4S2. The number of aromatic nitrogens is 1. The van der Waals surface area contributed by atoms with Crippen molar-refractivity contribution in [3.63, 3.8) is 0 Å². The number of halogens is 1. The Labute approximate surface area is 184 Å². The molecule has 0 spiro atoms. The highest BCUT2D eigenvalue weighted by atomic mass is 32.2. The topological polar surface area (TPSA) is 77.7 Å². The van der Waals surface area contributed by atoms with Crippen LogP contribution in [0.2, 0.25) is 0 Å². The van der Waals surface area contributed by atoms with Crippen molar-refractivity contribution in [2.24, 2.45) is 4.99 Å². The van der Waals surface area contributed by atoms with Crippen LogP contribution in [0.15, 0.2) is 46.3 Å². The maximum atomic E-state index is 13.0. The molecule has 0 aliphatic heterocycles. The number of hydrogen-bond acceptors (Lipinski definition) is 5. The summed E-state index contributed by atoms with van der Waals surface area (Å²) in [6.45, 7) is 5.09. The molecule has 3 aromatic rings. The van der Waals surface area contributed by atoms with E-state index in [4.69, 9.17) is 4.74 Å². The molecule has 0 unspecified atom stereocenters. The Balaban J connectivity index is 1.78. The Kier molecular flexibility index (Phi) is 7.40. The van der Waals surface area contributed by atoms with Crippen LogP contribution in [0.5, 0.6) is 0 Å². The highest BCUT2D eigenvalue weighted by Crippen LogP contribution is 2.23. The molecule has 166 valence electrons. The van der Waals surface area contributed by atoms with Crippen LogP contribution < -0.4 is 4.80 Å². The molecule has 6 nitrogen and oxygen atoms in total. The zero-order valence-corrected chi connectivity index (χ0v) is 19.4. The second kappa shape index (κ2) is 9.84. The van der Waals surface area contributed by atoms with E-state index in [1.54, 1.807) is 7.11 Å². The van der Waals surface area contributed by atoms with Gasteiger partial charge in [0.05, 0.1) is 27.5 Å². The van der Waals surface area contributed by atoms with Crippen LogP contribution >= 0.6 is 11.3 Å². The highest BCUT2D eigenvalue weighted by Gasteiger charge is 2.16. The molecule has 0 N–H and O–H groups in total. The minimum absolute atomic E-state index is 0.0109. The van der Waals surface area contributed by atoms with Gasteiger partial charge in [-0.2, -0.15) is 4.99 Å². The molecule has 0 bridgehead atoms. The largest absolute Gasteiger partial charge is 0.383 e. The first-order valence-electron chi connectivity index (χ1n) is 9.86. The van der Waals surface area contributed by atoms with Crippen molar-refractivity contribution in [1.29, 1.82) is 0 Å². The zero-order valence-electron chi connectivity index (χ0n) is 17.7. The molecule has 0 atom stereocenters. The fraction of sp³-hybridized carbons (Fsp3) is 0.364. The summed E-state index contributed by atoms with van der Waals surface area (Å²) in [5.41, 5.74) is 3.24. The summed E-state index contributed by atoms with van der Waals surface area (Å²) >= 11 is 1.44.